The van der Waals surface area contributed by atoms with Crippen molar-refractivity contribution in [3.8, 4) is 5.75 Å². The number of alkyl carbamates (subject to hydrolysis) is 1. The van der Waals surface area contributed by atoms with Gasteiger partial charge in [-0.05, 0) is 106 Å². The van der Waals surface area contributed by atoms with Gasteiger partial charge in [-0.25, -0.2) is 4.79 Å². The molecule has 0 aliphatic heterocycles. The number of nitrogens with one attached hydrogen (secondary N) is 2. The average molecular weight is 610 g/mol. The number of benzene rings is 4. The Balaban J connectivity index is 1.77. The zero-order valence-electron chi connectivity index (χ0n) is 27.0. The van der Waals surface area contributed by atoms with Crippen LogP contribution in [0.4, 0.5) is 10.5 Å². The van der Waals surface area contributed by atoms with Crippen molar-refractivity contribution in [1.82, 2.24) is 10.2 Å². The van der Waals surface area contributed by atoms with E-state index in [0.29, 0.717) is 11.3 Å². The molecule has 0 heterocycles. The fourth-order valence-electron chi connectivity index (χ4n) is 5.34. The molecule has 0 spiro atoms. The third kappa shape index (κ3) is 8.41. The Hall–Kier alpha value is -4.85. The molecule has 0 bridgehead atoms. The monoisotopic (exact) mass is 609 g/mol. The number of hydrogen-bond acceptors (Lipinski definition) is 5. The van der Waals surface area contributed by atoms with Crippen molar-refractivity contribution in [3.05, 3.63) is 107 Å². The van der Waals surface area contributed by atoms with E-state index in [2.05, 4.69) is 10.6 Å². The molecule has 0 radical (unpaired) electrons. The predicted octanol–water partition coefficient (Wildman–Crippen LogP) is 7.22. The second kappa shape index (κ2) is 13.8. The number of anilines is 1. The molecule has 0 aliphatic carbocycles. The van der Waals surface area contributed by atoms with Gasteiger partial charge in [-0.15, -0.1) is 0 Å². The van der Waals surface area contributed by atoms with Crippen molar-refractivity contribution >= 4 is 34.4 Å². The normalized spacial score (nSPS) is 12.8. The van der Waals surface area contributed by atoms with E-state index in [1.807, 2.05) is 88.4 Å². The molecular formula is C37H43N3O5. The maximum atomic E-state index is 14.6. The van der Waals surface area contributed by atoms with Crippen molar-refractivity contribution in [2.45, 2.75) is 78.6 Å². The molecule has 2 atom stereocenters. The van der Waals surface area contributed by atoms with Gasteiger partial charge in [0.05, 0.1) is 0 Å². The van der Waals surface area contributed by atoms with Gasteiger partial charge >= 0.3 is 6.09 Å². The molecular weight excluding hydrogens is 566 g/mol. The van der Waals surface area contributed by atoms with E-state index in [1.54, 1.807) is 37.8 Å². The highest BCUT2D eigenvalue weighted by molar-refractivity contribution is 6.00. The summed E-state index contributed by atoms with van der Waals surface area (Å²) < 4.78 is 5.52. The van der Waals surface area contributed by atoms with Crippen LogP contribution in [0.1, 0.15) is 62.9 Å². The summed E-state index contributed by atoms with van der Waals surface area (Å²) in [7, 11) is 0. The lowest BCUT2D eigenvalue weighted by Crippen LogP contribution is -2.55. The molecule has 0 saturated carbocycles. The SMILES string of the molecule is Cc1cccc(C(C(=O)Nc2ccc3ccccc3c2)N(C(=O)C(Cc2ccc(O)cc2)NC(=O)OC(C)(C)C)C(C)C)c1C. The Labute approximate surface area is 265 Å². The lowest BCUT2D eigenvalue weighted by atomic mass is 9.93. The smallest absolute Gasteiger partial charge is 0.408 e. The lowest BCUT2D eigenvalue weighted by Gasteiger charge is -2.38. The highest BCUT2D eigenvalue weighted by Gasteiger charge is 2.38. The minimum atomic E-state index is -1.06. The molecule has 2 unspecified atom stereocenters. The van der Waals surface area contributed by atoms with E-state index in [1.165, 1.54) is 12.1 Å². The van der Waals surface area contributed by atoms with Crippen molar-refractivity contribution < 1.29 is 24.2 Å². The van der Waals surface area contributed by atoms with E-state index >= 15 is 0 Å². The second-order valence-corrected chi connectivity index (χ2v) is 12.7. The zero-order chi connectivity index (χ0) is 32.9. The third-order valence-corrected chi connectivity index (χ3v) is 7.66. The van der Waals surface area contributed by atoms with Gasteiger partial charge in [0.25, 0.3) is 5.91 Å². The van der Waals surface area contributed by atoms with Crippen LogP contribution in [0.3, 0.4) is 0 Å². The predicted molar refractivity (Wildman–Crippen MR) is 178 cm³/mol. The maximum Gasteiger partial charge on any atom is 0.408 e. The van der Waals surface area contributed by atoms with Gasteiger partial charge in [0.15, 0.2) is 0 Å². The number of phenolic OH excluding ortho intramolecular Hbond substituents is 1. The molecule has 4 aromatic rings. The number of fused-ring (bicyclic) bond motifs is 1. The Morgan fingerprint density at radius 2 is 1.53 bits per heavy atom. The van der Waals surface area contributed by atoms with E-state index in [4.69, 9.17) is 4.74 Å². The summed E-state index contributed by atoms with van der Waals surface area (Å²) in [5, 5.41) is 17.7. The van der Waals surface area contributed by atoms with E-state index < -0.39 is 35.7 Å². The number of aryl methyl sites for hydroxylation is 1. The van der Waals surface area contributed by atoms with Crippen LogP contribution in [0.5, 0.6) is 5.75 Å². The Morgan fingerprint density at radius 3 is 2.18 bits per heavy atom. The number of carbonyl (C=O) groups excluding carboxylic acids is 3. The van der Waals surface area contributed by atoms with Crippen LogP contribution in [-0.4, -0.2) is 45.6 Å². The molecule has 236 valence electrons. The molecule has 8 heteroatoms. The van der Waals surface area contributed by atoms with Gasteiger partial charge < -0.3 is 25.4 Å². The van der Waals surface area contributed by atoms with Gasteiger partial charge in [0.1, 0.15) is 23.4 Å². The molecule has 0 aromatic heterocycles. The lowest BCUT2D eigenvalue weighted by molar-refractivity contribution is -0.142. The number of amides is 3. The summed E-state index contributed by atoms with van der Waals surface area (Å²) in [6.45, 7) is 12.9. The molecule has 4 rings (SSSR count). The number of rotatable bonds is 9. The minimum Gasteiger partial charge on any atom is -0.508 e. The van der Waals surface area contributed by atoms with Gasteiger partial charge in [-0.3, -0.25) is 9.59 Å². The number of phenols is 1. The van der Waals surface area contributed by atoms with Crippen molar-refractivity contribution in [3.63, 3.8) is 0 Å². The van der Waals surface area contributed by atoms with E-state index in [9.17, 15) is 19.5 Å². The van der Waals surface area contributed by atoms with Gasteiger partial charge in [0.2, 0.25) is 5.91 Å². The molecule has 3 amide bonds. The highest BCUT2D eigenvalue weighted by atomic mass is 16.6. The first-order valence-electron chi connectivity index (χ1n) is 15.2. The van der Waals surface area contributed by atoms with Crippen LogP contribution in [0.15, 0.2) is 84.9 Å². The Morgan fingerprint density at radius 1 is 0.867 bits per heavy atom. The summed E-state index contributed by atoms with van der Waals surface area (Å²) >= 11 is 0. The third-order valence-electron chi connectivity index (χ3n) is 7.66. The van der Waals surface area contributed by atoms with Crippen LogP contribution >= 0.6 is 0 Å². The fraction of sp³-hybridized carbons (Fsp3) is 0.324. The van der Waals surface area contributed by atoms with Crippen molar-refractivity contribution in [2.24, 2.45) is 0 Å². The van der Waals surface area contributed by atoms with Crippen molar-refractivity contribution in [1.29, 1.82) is 0 Å². The first-order valence-corrected chi connectivity index (χ1v) is 15.2. The summed E-state index contributed by atoms with van der Waals surface area (Å²) in [5.74, 6) is -0.726. The molecule has 3 N–H and O–H groups in total. The molecule has 45 heavy (non-hydrogen) atoms. The van der Waals surface area contributed by atoms with E-state index in [0.717, 1.165) is 27.5 Å². The number of carbonyl (C=O) groups is 3. The summed E-state index contributed by atoms with van der Waals surface area (Å²) in [6.07, 6.45) is -0.625. The summed E-state index contributed by atoms with van der Waals surface area (Å²) in [4.78, 5) is 43.5. The number of nitrogens with zero attached hydrogens (tertiary/aromatic N) is 1. The number of ether oxygens (including phenoxy) is 1. The zero-order valence-corrected chi connectivity index (χ0v) is 27.0. The quantitative estimate of drug-likeness (QED) is 0.186. The van der Waals surface area contributed by atoms with Gasteiger partial charge in [-0.2, -0.15) is 0 Å². The topological polar surface area (TPSA) is 108 Å². The van der Waals surface area contributed by atoms with Crippen LogP contribution in [0.2, 0.25) is 0 Å². The molecule has 0 saturated heterocycles. The Kier molecular flexibility index (Phi) is 10.2. The average Bonchev–Trinajstić information content (AvgIpc) is 2.96. The van der Waals surface area contributed by atoms with Crippen LogP contribution in [0, 0.1) is 13.8 Å². The molecule has 8 nitrogen and oxygen atoms in total. The molecule has 0 aliphatic rings. The van der Waals surface area contributed by atoms with Crippen LogP contribution in [0.25, 0.3) is 10.8 Å². The summed E-state index contributed by atoms with van der Waals surface area (Å²) in [6, 6.07) is 23.3. The minimum absolute atomic E-state index is 0.0888. The highest BCUT2D eigenvalue weighted by Crippen LogP contribution is 2.31. The van der Waals surface area contributed by atoms with Gasteiger partial charge in [0, 0.05) is 18.2 Å². The maximum absolute atomic E-state index is 14.6. The first-order chi connectivity index (χ1) is 21.2. The first kappa shape index (κ1) is 33.1. The largest absolute Gasteiger partial charge is 0.508 e. The second-order valence-electron chi connectivity index (χ2n) is 12.7. The molecule has 4 aromatic carbocycles. The number of hydrogen-bond donors (Lipinski definition) is 3. The summed E-state index contributed by atoms with van der Waals surface area (Å²) in [5.41, 5.74) is 3.11. The standard InChI is InChI=1S/C37H43N3O5/c1-23(2)40(35(43)32(39-36(44)45-37(5,6)7)21-26-15-19-30(41)20-16-26)33(31-14-10-11-24(3)25(31)4)34(42)38-29-18-17-27-12-8-9-13-28(27)22-29/h8-20,22-23,32-33,41H,21H2,1-7H3,(H,38,42)(H,39,44). The number of aromatic hydroxyl groups is 1. The van der Waals surface area contributed by atoms with Crippen LogP contribution < -0.4 is 10.6 Å². The van der Waals surface area contributed by atoms with Gasteiger partial charge in [-0.1, -0.05) is 60.7 Å². The fourth-order valence-corrected chi connectivity index (χ4v) is 5.34. The van der Waals surface area contributed by atoms with Crippen LogP contribution in [-0.2, 0) is 20.7 Å². The Bertz CT molecular complexity index is 1670. The molecule has 0 fully saturated rings. The van der Waals surface area contributed by atoms with E-state index in [-0.39, 0.29) is 18.1 Å². The van der Waals surface area contributed by atoms with Crippen molar-refractivity contribution in [2.75, 3.05) is 5.32 Å².